The minimum Gasteiger partial charge on any atom is -0.493 e. The number of rotatable bonds is 7. The lowest BCUT2D eigenvalue weighted by Gasteiger charge is -2.24. The van der Waals surface area contributed by atoms with Crippen molar-refractivity contribution >= 4 is 17.2 Å². The number of amides is 1. The molecule has 2 aromatic rings. The summed E-state index contributed by atoms with van der Waals surface area (Å²) >= 11 is 1.54. The highest BCUT2D eigenvalue weighted by molar-refractivity contribution is 7.12. The number of benzene rings is 1. The molecular formula is C24H31NO3S. The summed E-state index contributed by atoms with van der Waals surface area (Å²) < 4.78 is 11.9. The van der Waals surface area contributed by atoms with E-state index in [4.69, 9.17) is 9.47 Å². The molecule has 0 atom stereocenters. The van der Waals surface area contributed by atoms with Crippen molar-refractivity contribution in [1.82, 2.24) is 4.90 Å². The molecule has 2 saturated carbocycles. The SMILES string of the molecule is COc1ccc(CN(C(=O)c2sccc2C)C2CC2)cc1OC1CCCCCC1. The van der Waals surface area contributed by atoms with Crippen molar-refractivity contribution in [2.24, 2.45) is 0 Å². The number of carbonyl (C=O) groups is 1. The van der Waals surface area contributed by atoms with Crippen LogP contribution in [0.2, 0.25) is 0 Å². The molecule has 0 radical (unpaired) electrons. The molecule has 4 rings (SSSR count). The predicted octanol–water partition coefficient (Wildman–Crippen LogP) is 5.97. The summed E-state index contributed by atoms with van der Waals surface area (Å²) in [6.45, 7) is 2.63. The number of hydrogen-bond donors (Lipinski definition) is 0. The first-order valence-electron chi connectivity index (χ1n) is 10.8. The smallest absolute Gasteiger partial charge is 0.264 e. The van der Waals surface area contributed by atoms with E-state index in [9.17, 15) is 4.79 Å². The van der Waals surface area contributed by atoms with Gasteiger partial charge in [0.1, 0.15) is 0 Å². The molecule has 4 nitrogen and oxygen atoms in total. The van der Waals surface area contributed by atoms with E-state index in [0.29, 0.717) is 12.6 Å². The van der Waals surface area contributed by atoms with Crippen molar-refractivity contribution < 1.29 is 14.3 Å². The van der Waals surface area contributed by atoms with Gasteiger partial charge in [0.05, 0.1) is 18.1 Å². The molecule has 2 aliphatic rings. The lowest BCUT2D eigenvalue weighted by Crippen LogP contribution is -2.32. The summed E-state index contributed by atoms with van der Waals surface area (Å²) in [5, 5.41) is 2.00. The summed E-state index contributed by atoms with van der Waals surface area (Å²) in [6, 6.07) is 8.50. The number of aryl methyl sites for hydroxylation is 1. The van der Waals surface area contributed by atoms with E-state index in [1.54, 1.807) is 18.4 Å². The Balaban J connectivity index is 1.52. The van der Waals surface area contributed by atoms with Crippen LogP contribution < -0.4 is 9.47 Å². The molecule has 0 spiro atoms. The van der Waals surface area contributed by atoms with Crippen LogP contribution in [0.5, 0.6) is 11.5 Å². The van der Waals surface area contributed by atoms with Crippen LogP contribution in [0.15, 0.2) is 29.6 Å². The number of carbonyl (C=O) groups excluding carboxylic acids is 1. The normalized spacial score (nSPS) is 17.6. The van der Waals surface area contributed by atoms with Crippen LogP contribution in [-0.4, -0.2) is 30.1 Å². The van der Waals surface area contributed by atoms with Gasteiger partial charge in [-0.15, -0.1) is 11.3 Å². The molecule has 0 bridgehead atoms. The maximum atomic E-state index is 13.2. The Hall–Kier alpha value is -2.01. The highest BCUT2D eigenvalue weighted by atomic mass is 32.1. The van der Waals surface area contributed by atoms with E-state index < -0.39 is 0 Å². The first-order chi connectivity index (χ1) is 14.2. The Labute approximate surface area is 177 Å². The Bertz CT molecular complexity index is 834. The first-order valence-corrected chi connectivity index (χ1v) is 11.7. The maximum absolute atomic E-state index is 13.2. The van der Waals surface area contributed by atoms with Crippen molar-refractivity contribution in [3.8, 4) is 11.5 Å². The van der Waals surface area contributed by atoms with Gasteiger partial charge >= 0.3 is 0 Å². The molecular weight excluding hydrogens is 382 g/mol. The first kappa shape index (κ1) is 20.3. The number of methoxy groups -OCH3 is 1. The molecule has 0 aliphatic heterocycles. The molecule has 0 saturated heterocycles. The van der Waals surface area contributed by atoms with E-state index >= 15 is 0 Å². The van der Waals surface area contributed by atoms with Gasteiger partial charge < -0.3 is 14.4 Å². The molecule has 0 N–H and O–H groups in total. The van der Waals surface area contributed by atoms with Crippen molar-refractivity contribution in [3.63, 3.8) is 0 Å². The molecule has 156 valence electrons. The number of nitrogens with zero attached hydrogens (tertiary/aromatic N) is 1. The topological polar surface area (TPSA) is 38.8 Å². The van der Waals surface area contributed by atoms with Crippen LogP contribution in [0.25, 0.3) is 0 Å². The van der Waals surface area contributed by atoms with E-state index in [0.717, 1.165) is 53.2 Å². The summed E-state index contributed by atoms with van der Waals surface area (Å²) in [5.41, 5.74) is 2.17. The van der Waals surface area contributed by atoms with Crippen molar-refractivity contribution in [2.75, 3.05) is 7.11 Å². The van der Waals surface area contributed by atoms with E-state index in [-0.39, 0.29) is 12.0 Å². The maximum Gasteiger partial charge on any atom is 0.264 e. The molecule has 1 aromatic carbocycles. The fourth-order valence-electron chi connectivity index (χ4n) is 4.12. The van der Waals surface area contributed by atoms with Gasteiger partial charge in [0.25, 0.3) is 5.91 Å². The number of ether oxygens (including phenoxy) is 2. The van der Waals surface area contributed by atoms with Crippen LogP contribution in [0, 0.1) is 6.92 Å². The Morgan fingerprint density at radius 1 is 1.07 bits per heavy atom. The fourth-order valence-corrected chi connectivity index (χ4v) is 5.00. The zero-order valence-electron chi connectivity index (χ0n) is 17.5. The van der Waals surface area contributed by atoms with Gasteiger partial charge in [-0.25, -0.2) is 0 Å². The van der Waals surface area contributed by atoms with Gasteiger partial charge in [-0.05, 0) is 80.2 Å². The molecule has 1 amide bonds. The van der Waals surface area contributed by atoms with Crippen molar-refractivity contribution in [2.45, 2.75) is 77.0 Å². The van der Waals surface area contributed by atoms with Crippen LogP contribution in [0.1, 0.15) is 72.2 Å². The van der Waals surface area contributed by atoms with Gasteiger partial charge in [0.2, 0.25) is 0 Å². The molecule has 29 heavy (non-hydrogen) atoms. The monoisotopic (exact) mass is 413 g/mol. The van der Waals surface area contributed by atoms with Gasteiger partial charge in [0.15, 0.2) is 11.5 Å². The highest BCUT2D eigenvalue weighted by Crippen LogP contribution is 2.35. The largest absolute Gasteiger partial charge is 0.493 e. The second-order valence-electron chi connectivity index (χ2n) is 8.31. The highest BCUT2D eigenvalue weighted by Gasteiger charge is 2.34. The molecule has 5 heteroatoms. The van der Waals surface area contributed by atoms with E-state index in [1.807, 2.05) is 29.3 Å². The Morgan fingerprint density at radius 3 is 2.45 bits per heavy atom. The minimum atomic E-state index is 0.155. The van der Waals surface area contributed by atoms with Gasteiger partial charge in [0, 0.05) is 12.6 Å². The zero-order chi connectivity index (χ0) is 20.2. The zero-order valence-corrected chi connectivity index (χ0v) is 18.3. The van der Waals surface area contributed by atoms with Gasteiger partial charge in [-0.1, -0.05) is 18.9 Å². The van der Waals surface area contributed by atoms with Crippen molar-refractivity contribution in [1.29, 1.82) is 0 Å². The third-order valence-electron chi connectivity index (χ3n) is 5.98. The summed E-state index contributed by atoms with van der Waals surface area (Å²) in [4.78, 5) is 16.1. The Morgan fingerprint density at radius 2 is 1.83 bits per heavy atom. The lowest BCUT2D eigenvalue weighted by atomic mass is 10.1. The van der Waals surface area contributed by atoms with Crippen LogP contribution in [0.3, 0.4) is 0 Å². The third kappa shape index (κ3) is 4.95. The average molecular weight is 414 g/mol. The van der Waals surface area contributed by atoms with Crippen LogP contribution >= 0.6 is 11.3 Å². The van der Waals surface area contributed by atoms with Gasteiger partial charge in [-0.3, -0.25) is 4.79 Å². The lowest BCUT2D eigenvalue weighted by molar-refractivity contribution is 0.0733. The van der Waals surface area contributed by atoms with E-state index in [1.165, 1.54) is 25.7 Å². The molecule has 2 fully saturated rings. The fraction of sp³-hybridized carbons (Fsp3) is 0.542. The van der Waals surface area contributed by atoms with E-state index in [2.05, 4.69) is 12.1 Å². The van der Waals surface area contributed by atoms with Gasteiger partial charge in [-0.2, -0.15) is 0 Å². The number of thiophene rings is 1. The summed E-state index contributed by atoms with van der Waals surface area (Å²) in [6.07, 6.45) is 9.74. The predicted molar refractivity (Wildman–Crippen MR) is 117 cm³/mol. The second-order valence-corrected chi connectivity index (χ2v) is 9.23. The molecule has 1 aromatic heterocycles. The standard InChI is InChI=1S/C24H31NO3S/c1-17-13-14-29-23(17)24(26)25(19-10-11-19)16-18-9-12-21(27-2)22(15-18)28-20-7-5-3-4-6-8-20/h9,12-15,19-20H,3-8,10-11,16H2,1-2H3. The summed E-state index contributed by atoms with van der Waals surface area (Å²) in [5.74, 6) is 1.74. The van der Waals surface area contributed by atoms with Crippen LogP contribution in [0.4, 0.5) is 0 Å². The molecule has 1 heterocycles. The summed E-state index contributed by atoms with van der Waals surface area (Å²) in [7, 11) is 1.69. The van der Waals surface area contributed by atoms with Crippen molar-refractivity contribution in [3.05, 3.63) is 45.6 Å². The number of hydrogen-bond acceptors (Lipinski definition) is 4. The van der Waals surface area contributed by atoms with Crippen LogP contribution in [-0.2, 0) is 6.54 Å². The Kier molecular flexibility index (Phi) is 6.43. The average Bonchev–Trinajstić information content (AvgIpc) is 3.52. The quantitative estimate of drug-likeness (QED) is 0.525. The minimum absolute atomic E-state index is 0.155. The third-order valence-corrected chi connectivity index (χ3v) is 6.99. The molecule has 0 unspecified atom stereocenters. The second kappa shape index (κ2) is 9.21. The molecule has 2 aliphatic carbocycles.